The number of hydrogen-bond donors (Lipinski definition) is 6. The molecule has 1 fully saturated rings. The molecular formula is C47H82N2O11. The lowest BCUT2D eigenvalue weighted by Gasteiger charge is -2.43. The second-order valence-corrected chi connectivity index (χ2v) is 17.9. The Morgan fingerprint density at radius 1 is 0.817 bits per heavy atom. The smallest absolute Gasteiger partial charge is 0.306 e. The van der Waals surface area contributed by atoms with Crippen molar-refractivity contribution in [1.29, 1.82) is 0 Å². The van der Waals surface area contributed by atoms with Crippen molar-refractivity contribution in [3.05, 3.63) is 35.9 Å². The molecule has 1 aromatic carbocycles. The molecule has 60 heavy (non-hydrogen) atoms. The van der Waals surface area contributed by atoms with Gasteiger partial charge in [-0.15, -0.1) is 0 Å². The molecule has 1 aliphatic heterocycles. The number of unbranched alkanes of at least 4 members (excludes halogenated alkanes) is 13. The Hall–Kier alpha value is -2.65. The first-order valence-corrected chi connectivity index (χ1v) is 23.1. The fraction of sp³-hybridized carbons (Fsp3) is 0.809. The van der Waals surface area contributed by atoms with E-state index in [1.54, 1.807) is 6.92 Å². The van der Waals surface area contributed by atoms with Crippen molar-refractivity contribution in [3.63, 3.8) is 0 Å². The average Bonchev–Trinajstić information content (AvgIpc) is 3.20. The third kappa shape index (κ3) is 22.4. The molecule has 0 bridgehead atoms. The molecule has 2 amide bonds. The highest BCUT2D eigenvalue weighted by Gasteiger charge is 2.47. The Bertz CT molecular complexity index is 1300. The lowest BCUT2D eigenvalue weighted by molar-refractivity contribution is -0.310. The number of aryl methyl sites for hydroxylation is 1. The Labute approximate surface area is 360 Å². The molecule has 9 atom stereocenters. The molecule has 0 saturated carbocycles. The summed E-state index contributed by atoms with van der Waals surface area (Å²) in [6, 6.07) is 9.58. The monoisotopic (exact) mass is 851 g/mol. The molecule has 1 aromatic rings. The molecule has 1 saturated heterocycles. The first kappa shape index (κ1) is 53.5. The average molecular weight is 851 g/mol. The van der Waals surface area contributed by atoms with Gasteiger partial charge in [-0.2, -0.15) is 0 Å². The quantitative estimate of drug-likeness (QED) is 0.0390. The van der Waals surface area contributed by atoms with Gasteiger partial charge in [0.2, 0.25) is 11.8 Å². The maximum Gasteiger partial charge on any atom is 0.306 e. The normalized spacial score (nSPS) is 21.6. The van der Waals surface area contributed by atoms with Gasteiger partial charge in [-0.3, -0.25) is 14.4 Å². The molecule has 7 N–H and O–H groups in total. The summed E-state index contributed by atoms with van der Waals surface area (Å²) in [5, 5.41) is 45.4. The van der Waals surface area contributed by atoms with Crippen molar-refractivity contribution in [2.75, 3.05) is 19.8 Å². The van der Waals surface area contributed by atoms with Crippen LogP contribution in [0.5, 0.6) is 0 Å². The molecule has 1 aliphatic rings. The number of rotatable bonds is 34. The topological polar surface area (TPSA) is 207 Å². The highest BCUT2D eigenvalue weighted by Crippen LogP contribution is 2.30. The molecule has 13 nitrogen and oxygen atoms in total. The van der Waals surface area contributed by atoms with Gasteiger partial charge in [0.15, 0.2) is 6.29 Å². The lowest BCUT2D eigenvalue weighted by atomic mass is 9.87. The zero-order valence-electron chi connectivity index (χ0n) is 37.6. The van der Waals surface area contributed by atoms with Gasteiger partial charge in [-0.05, 0) is 78.2 Å². The van der Waals surface area contributed by atoms with E-state index in [1.165, 1.54) is 64.2 Å². The number of carbonyl (C=O) groups is 3. The highest BCUT2D eigenvalue weighted by molar-refractivity contribution is 5.82. The van der Waals surface area contributed by atoms with Gasteiger partial charge < -0.3 is 50.4 Å². The summed E-state index contributed by atoms with van der Waals surface area (Å²) in [6.45, 7) is 9.66. The first-order valence-electron chi connectivity index (χ1n) is 23.1. The molecule has 9 unspecified atom stereocenters. The summed E-state index contributed by atoms with van der Waals surface area (Å²) in [5.74, 6) is -3.87. The Morgan fingerprint density at radius 3 is 1.92 bits per heavy atom. The Balaban J connectivity index is 2.07. The van der Waals surface area contributed by atoms with Gasteiger partial charge in [0.05, 0.1) is 24.7 Å². The van der Waals surface area contributed by atoms with Crippen LogP contribution in [0.2, 0.25) is 0 Å². The van der Waals surface area contributed by atoms with Crippen LogP contribution in [0.15, 0.2) is 30.3 Å². The van der Waals surface area contributed by atoms with Gasteiger partial charge in [0.25, 0.3) is 0 Å². The van der Waals surface area contributed by atoms with E-state index in [0.29, 0.717) is 19.4 Å². The van der Waals surface area contributed by atoms with E-state index in [-0.39, 0.29) is 44.8 Å². The number of carboxylic acid groups (broad SMARTS) is 1. The van der Waals surface area contributed by atoms with Crippen LogP contribution in [0.1, 0.15) is 162 Å². The predicted molar refractivity (Wildman–Crippen MR) is 233 cm³/mol. The van der Waals surface area contributed by atoms with Gasteiger partial charge >= 0.3 is 5.97 Å². The maximum atomic E-state index is 13.7. The minimum atomic E-state index is -1.50. The van der Waals surface area contributed by atoms with E-state index in [2.05, 4.69) is 12.2 Å². The van der Waals surface area contributed by atoms with Crippen LogP contribution in [-0.4, -0.2) is 106 Å². The van der Waals surface area contributed by atoms with Crippen molar-refractivity contribution in [1.82, 2.24) is 5.32 Å². The number of benzene rings is 1. The van der Waals surface area contributed by atoms with E-state index in [4.69, 9.17) is 24.7 Å². The van der Waals surface area contributed by atoms with Crippen molar-refractivity contribution in [3.8, 4) is 0 Å². The van der Waals surface area contributed by atoms with Gasteiger partial charge in [0.1, 0.15) is 24.4 Å². The molecule has 0 spiro atoms. The van der Waals surface area contributed by atoms with Gasteiger partial charge in [0, 0.05) is 24.7 Å². The van der Waals surface area contributed by atoms with Gasteiger partial charge in [-0.1, -0.05) is 121 Å². The lowest BCUT2D eigenvalue weighted by Crippen LogP contribution is -2.61. The van der Waals surface area contributed by atoms with E-state index >= 15 is 0 Å². The summed E-state index contributed by atoms with van der Waals surface area (Å²) < 4.78 is 23.9. The fourth-order valence-corrected chi connectivity index (χ4v) is 7.67. The van der Waals surface area contributed by atoms with E-state index in [0.717, 1.165) is 31.2 Å². The number of aliphatic carboxylic acids is 1. The molecule has 0 aliphatic carbocycles. The largest absolute Gasteiger partial charge is 0.481 e. The molecular weight excluding hydrogens is 769 g/mol. The van der Waals surface area contributed by atoms with E-state index in [1.807, 2.05) is 51.1 Å². The van der Waals surface area contributed by atoms with Crippen molar-refractivity contribution < 1.29 is 53.8 Å². The third-order valence-corrected chi connectivity index (χ3v) is 11.3. The molecule has 2 rings (SSSR count). The molecule has 0 radical (unpaired) electrons. The zero-order chi connectivity index (χ0) is 44.3. The first-order chi connectivity index (χ1) is 28.7. The summed E-state index contributed by atoms with van der Waals surface area (Å²) >= 11 is 0. The van der Waals surface area contributed by atoms with Crippen LogP contribution < -0.4 is 11.1 Å². The predicted octanol–water partition coefficient (Wildman–Crippen LogP) is 6.99. The molecule has 0 aromatic heterocycles. The summed E-state index contributed by atoms with van der Waals surface area (Å²) in [6.07, 6.45) is 9.94. The number of aliphatic hydroxyl groups excluding tert-OH is 3. The van der Waals surface area contributed by atoms with E-state index < -0.39 is 72.2 Å². The number of primary amides is 1. The molecule has 1 heterocycles. The van der Waals surface area contributed by atoms with Crippen LogP contribution in [0.4, 0.5) is 0 Å². The van der Waals surface area contributed by atoms with Crippen LogP contribution in [0, 0.1) is 11.8 Å². The number of carbonyl (C=O) groups excluding carboxylic acids is 2. The molecule has 346 valence electrons. The Morgan fingerprint density at radius 2 is 1.38 bits per heavy atom. The number of amides is 2. The minimum Gasteiger partial charge on any atom is -0.481 e. The summed E-state index contributed by atoms with van der Waals surface area (Å²) in [7, 11) is 0. The number of nitrogens with one attached hydrogen (secondary N) is 1. The van der Waals surface area contributed by atoms with Crippen molar-refractivity contribution in [2.24, 2.45) is 17.6 Å². The number of carboxylic acids is 1. The minimum absolute atomic E-state index is 0.126. The number of ether oxygens (including phenoxy) is 4. The zero-order valence-corrected chi connectivity index (χ0v) is 37.6. The van der Waals surface area contributed by atoms with E-state index in [9.17, 15) is 34.8 Å². The van der Waals surface area contributed by atoms with Crippen molar-refractivity contribution in [2.45, 2.75) is 211 Å². The standard InChI is InChI=1S/C47H82N2O11/c1-6-7-8-9-10-11-12-13-14-15-16-17-18-22-30-58-46-41(52)42(40(51)38(60-46)29-31-57-34(2)33-50)59-39(43(48)53)32-37(44(54)49-47(3,4)5)28-27-36(45(55)56)26-25-35-23-20-19-21-24-35/h19-21,23-24,34,36-42,46,50-52H,6-18,22,25-33H2,1-5H3,(H2,48,53)(H,49,54)(H,55,56). The SMILES string of the molecule is CCCCCCCCCCCCCCCCOC1OC(CCOC(C)CO)C(O)C(OC(CC(CCC(CCc2ccccc2)C(=O)O)C(=O)NC(C)(C)C)C(N)=O)C1O. The van der Waals surface area contributed by atoms with Crippen LogP contribution >= 0.6 is 0 Å². The second-order valence-electron chi connectivity index (χ2n) is 17.9. The number of aliphatic hydroxyl groups is 3. The highest BCUT2D eigenvalue weighted by atomic mass is 16.7. The van der Waals surface area contributed by atoms with Crippen LogP contribution in [0.3, 0.4) is 0 Å². The second kappa shape index (κ2) is 30.4. The fourth-order valence-electron chi connectivity index (χ4n) is 7.67. The number of nitrogens with two attached hydrogens (primary N) is 1. The number of hydrogen-bond acceptors (Lipinski definition) is 10. The molecule has 13 heteroatoms. The van der Waals surface area contributed by atoms with Crippen molar-refractivity contribution >= 4 is 17.8 Å². The Kier molecular flexibility index (Phi) is 27.1. The summed E-state index contributed by atoms with van der Waals surface area (Å²) in [4.78, 5) is 39.0. The van der Waals surface area contributed by atoms with Crippen LogP contribution in [0.25, 0.3) is 0 Å². The maximum absolute atomic E-state index is 13.7. The summed E-state index contributed by atoms with van der Waals surface area (Å²) in [5.41, 5.74) is 6.27. The third-order valence-electron chi connectivity index (χ3n) is 11.3. The van der Waals surface area contributed by atoms with Gasteiger partial charge in [-0.25, -0.2) is 0 Å². The van der Waals surface area contributed by atoms with Crippen LogP contribution in [-0.2, 0) is 39.8 Å².